The van der Waals surface area contributed by atoms with Crippen LogP contribution in [-0.4, -0.2) is 50.9 Å². The molecule has 0 aromatic heterocycles. The normalized spacial score (nSPS) is 13.9. The number of nitrogens with one attached hydrogen (secondary N) is 1. The van der Waals surface area contributed by atoms with E-state index in [-0.39, 0.29) is 35.5 Å². The Kier molecular flexibility index (Phi) is 11.0. The summed E-state index contributed by atoms with van der Waals surface area (Å²) in [6.07, 6.45) is 4.17. The first-order chi connectivity index (χ1) is 22.6. The zero-order valence-corrected chi connectivity index (χ0v) is 28.1. The van der Waals surface area contributed by atoms with Crippen molar-refractivity contribution in [2.24, 2.45) is 0 Å². The number of aryl methyl sites for hydroxylation is 2. The molecule has 47 heavy (non-hydrogen) atoms. The molecule has 0 heterocycles. The number of hydrogen-bond acceptors (Lipinski definition) is 5. The Morgan fingerprint density at radius 2 is 1.51 bits per heavy atom. The van der Waals surface area contributed by atoms with Gasteiger partial charge in [-0.1, -0.05) is 96.8 Å². The standard InChI is InChI=1S/C38H43N3O5S/c1-28-19-21-35(22-20-28)47(44,45)41(33-17-10-18-34(25-33)46-3)27-37(42)40(26-31-14-9-11-29(2)23-31)36(24-30-12-5-4-6-13-30)38(43)39-32-15-7-8-16-32/h4-6,9-14,17-23,25,32,36H,7-8,15-16,24,26-27H2,1-3H3,(H,39,43). The second-order valence-corrected chi connectivity index (χ2v) is 14.1. The Balaban J connectivity index is 1.58. The number of rotatable bonds is 13. The number of benzene rings is 4. The van der Waals surface area contributed by atoms with Gasteiger partial charge in [0.2, 0.25) is 11.8 Å². The lowest BCUT2D eigenvalue weighted by atomic mass is 10.0. The number of carbonyl (C=O) groups excluding carboxylic acids is 2. The fourth-order valence-electron chi connectivity index (χ4n) is 6.06. The van der Waals surface area contributed by atoms with Gasteiger partial charge in [0.05, 0.1) is 17.7 Å². The fraction of sp³-hybridized carbons (Fsp3) is 0.316. The highest BCUT2D eigenvalue weighted by Gasteiger charge is 2.35. The van der Waals surface area contributed by atoms with Crippen LogP contribution in [-0.2, 0) is 32.6 Å². The SMILES string of the molecule is COc1cccc(N(CC(=O)N(Cc2cccc(C)c2)C(Cc2ccccc2)C(=O)NC2CCCC2)S(=O)(=O)c2ccc(C)cc2)c1. The minimum absolute atomic E-state index is 0.0480. The van der Waals surface area contributed by atoms with E-state index in [2.05, 4.69) is 5.32 Å². The van der Waals surface area contributed by atoms with E-state index in [4.69, 9.17) is 4.74 Å². The van der Waals surface area contributed by atoms with Crippen LogP contribution in [0.5, 0.6) is 5.75 Å². The van der Waals surface area contributed by atoms with Crippen molar-refractivity contribution < 1.29 is 22.7 Å². The highest BCUT2D eigenvalue weighted by molar-refractivity contribution is 7.92. The van der Waals surface area contributed by atoms with Gasteiger partial charge in [-0.2, -0.15) is 0 Å². The summed E-state index contributed by atoms with van der Waals surface area (Å²) < 4.78 is 35.1. The molecule has 1 atom stereocenters. The van der Waals surface area contributed by atoms with Crippen LogP contribution in [0.25, 0.3) is 0 Å². The summed E-state index contributed by atoms with van der Waals surface area (Å²) in [7, 11) is -2.69. The van der Waals surface area contributed by atoms with E-state index in [1.807, 2.05) is 68.4 Å². The maximum absolute atomic E-state index is 14.7. The fourth-order valence-corrected chi connectivity index (χ4v) is 7.47. The van der Waals surface area contributed by atoms with Crippen molar-refractivity contribution in [3.8, 4) is 5.75 Å². The number of amides is 2. The van der Waals surface area contributed by atoms with Crippen LogP contribution >= 0.6 is 0 Å². The Hall–Kier alpha value is -4.63. The minimum Gasteiger partial charge on any atom is -0.497 e. The molecule has 1 unspecified atom stereocenters. The third-order valence-corrected chi connectivity index (χ3v) is 10.4. The van der Waals surface area contributed by atoms with E-state index in [0.29, 0.717) is 5.75 Å². The van der Waals surface area contributed by atoms with Gasteiger partial charge in [0, 0.05) is 25.1 Å². The smallest absolute Gasteiger partial charge is 0.264 e. The maximum Gasteiger partial charge on any atom is 0.264 e. The monoisotopic (exact) mass is 653 g/mol. The van der Waals surface area contributed by atoms with Crippen LogP contribution in [0.15, 0.2) is 108 Å². The summed E-state index contributed by atoms with van der Waals surface area (Å²) >= 11 is 0. The molecule has 5 rings (SSSR count). The number of ether oxygens (including phenoxy) is 1. The molecule has 4 aromatic carbocycles. The molecule has 4 aromatic rings. The molecule has 0 spiro atoms. The lowest BCUT2D eigenvalue weighted by Gasteiger charge is -2.34. The van der Waals surface area contributed by atoms with Crippen LogP contribution in [0.2, 0.25) is 0 Å². The van der Waals surface area contributed by atoms with Crippen molar-refractivity contribution in [2.75, 3.05) is 18.0 Å². The van der Waals surface area contributed by atoms with Crippen LogP contribution in [0, 0.1) is 13.8 Å². The summed E-state index contributed by atoms with van der Waals surface area (Å²) in [5.41, 5.74) is 3.96. The van der Waals surface area contributed by atoms with E-state index >= 15 is 0 Å². The predicted molar refractivity (Wildman–Crippen MR) is 185 cm³/mol. The molecule has 0 saturated heterocycles. The van der Waals surface area contributed by atoms with Crippen molar-refractivity contribution >= 4 is 27.5 Å². The number of sulfonamides is 1. The first-order valence-electron chi connectivity index (χ1n) is 16.1. The van der Waals surface area contributed by atoms with Gasteiger partial charge in [0.25, 0.3) is 10.0 Å². The average molecular weight is 654 g/mol. The van der Waals surface area contributed by atoms with Gasteiger partial charge in [0.1, 0.15) is 18.3 Å². The number of nitrogens with zero attached hydrogens (tertiary/aromatic N) is 2. The molecule has 1 fully saturated rings. The molecular formula is C38H43N3O5S. The molecule has 1 saturated carbocycles. The van der Waals surface area contributed by atoms with Crippen LogP contribution in [0.1, 0.15) is 47.9 Å². The van der Waals surface area contributed by atoms with E-state index in [1.165, 1.54) is 7.11 Å². The molecule has 0 aliphatic heterocycles. The van der Waals surface area contributed by atoms with Crippen molar-refractivity contribution in [2.45, 2.75) is 69.5 Å². The Morgan fingerprint density at radius 1 is 0.830 bits per heavy atom. The van der Waals surface area contributed by atoms with Crippen LogP contribution in [0.4, 0.5) is 5.69 Å². The molecule has 2 amide bonds. The molecule has 1 aliphatic rings. The first kappa shape index (κ1) is 33.7. The zero-order valence-electron chi connectivity index (χ0n) is 27.3. The molecule has 246 valence electrons. The molecular weight excluding hydrogens is 611 g/mol. The summed E-state index contributed by atoms with van der Waals surface area (Å²) in [4.78, 5) is 30.4. The van der Waals surface area contributed by atoms with Gasteiger partial charge in [-0.3, -0.25) is 13.9 Å². The predicted octanol–water partition coefficient (Wildman–Crippen LogP) is 6.21. The first-order valence-corrected chi connectivity index (χ1v) is 17.5. The van der Waals surface area contributed by atoms with Gasteiger partial charge in [-0.25, -0.2) is 8.42 Å². The van der Waals surface area contributed by atoms with Crippen LogP contribution < -0.4 is 14.4 Å². The van der Waals surface area contributed by atoms with Crippen molar-refractivity contribution in [1.29, 1.82) is 0 Å². The van der Waals surface area contributed by atoms with E-state index < -0.39 is 28.5 Å². The van der Waals surface area contributed by atoms with Crippen molar-refractivity contribution in [3.63, 3.8) is 0 Å². The van der Waals surface area contributed by atoms with E-state index in [9.17, 15) is 18.0 Å². The second kappa shape index (κ2) is 15.3. The number of anilines is 1. The van der Waals surface area contributed by atoms with Crippen LogP contribution in [0.3, 0.4) is 0 Å². The van der Waals surface area contributed by atoms with Gasteiger partial charge in [0.15, 0.2) is 0 Å². The lowest BCUT2D eigenvalue weighted by Crippen LogP contribution is -2.54. The molecule has 9 heteroatoms. The topological polar surface area (TPSA) is 96.0 Å². The zero-order chi connectivity index (χ0) is 33.4. The molecule has 0 bridgehead atoms. The average Bonchev–Trinajstić information content (AvgIpc) is 3.59. The summed E-state index contributed by atoms with van der Waals surface area (Å²) in [5, 5.41) is 3.21. The highest BCUT2D eigenvalue weighted by Crippen LogP contribution is 2.28. The van der Waals surface area contributed by atoms with Crippen molar-refractivity contribution in [3.05, 3.63) is 125 Å². The van der Waals surface area contributed by atoms with Gasteiger partial charge in [-0.05, 0) is 62.1 Å². The molecule has 1 N–H and O–H groups in total. The highest BCUT2D eigenvalue weighted by atomic mass is 32.2. The minimum atomic E-state index is -4.20. The molecule has 8 nitrogen and oxygen atoms in total. The summed E-state index contributed by atoms with van der Waals surface area (Å²) in [6, 6.07) is 29.8. The van der Waals surface area contributed by atoms with Gasteiger partial charge < -0.3 is 15.0 Å². The largest absolute Gasteiger partial charge is 0.497 e. The number of hydrogen-bond donors (Lipinski definition) is 1. The van der Waals surface area contributed by atoms with E-state index in [1.54, 1.807) is 53.4 Å². The van der Waals surface area contributed by atoms with Gasteiger partial charge >= 0.3 is 0 Å². The second-order valence-electron chi connectivity index (χ2n) is 12.2. The third kappa shape index (κ3) is 8.60. The number of methoxy groups -OCH3 is 1. The Morgan fingerprint density at radius 3 is 2.19 bits per heavy atom. The van der Waals surface area contributed by atoms with E-state index in [0.717, 1.165) is 52.2 Å². The Bertz CT molecular complexity index is 1770. The molecule has 1 aliphatic carbocycles. The number of carbonyl (C=O) groups is 2. The lowest BCUT2D eigenvalue weighted by molar-refractivity contribution is -0.140. The summed E-state index contributed by atoms with van der Waals surface area (Å²) in [6.45, 7) is 3.47. The Labute approximate surface area is 278 Å². The molecule has 0 radical (unpaired) electrons. The van der Waals surface area contributed by atoms with Gasteiger partial charge in [-0.15, -0.1) is 0 Å². The third-order valence-electron chi connectivity index (χ3n) is 8.64. The maximum atomic E-state index is 14.7. The van der Waals surface area contributed by atoms with Crippen molar-refractivity contribution in [1.82, 2.24) is 10.2 Å². The summed E-state index contributed by atoms with van der Waals surface area (Å²) in [5.74, 6) is -0.280. The quantitative estimate of drug-likeness (QED) is 0.185.